The molecule has 0 atom stereocenters. The number of phenols is 1. The Hall–Kier alpha value is -2.50. The lowest BCUT2D eigenvalue weighted by atomic mass is 10.2. The van der Waals surface area contributed by atoms with E-state index < -0.39 is 17.5 Å². The van der Waals surface area contributed by atoms with Crippen molar-refractivity contribution in [2.75, 3.05) is 0 Å². The second-order valence-electron chi connectivity index (χ2n) is 3.89. The van der Waals surface area contributed by atoms with Gasteiger partial charge in [0.25, 0.3) is 0 Å². The van der Waals surface area contributed by atoms with Crippen LogP contribution in [0.25, 0.3) is 22.6 Å². The summed E-state index contributed by atoms with van der Waals surface area (Å²) in [5.74, 6) is -4.44. The quantitative estimate of drug-likeness (QED) is 0.683. The fourth-order valence-corrected chi connectivity index (χ4v) is 1.72. The van der Waals surface area contributed by atoms with Crippen molar-refractivity contribution in [2.24, 2.45) is 0 Å². The molecule has 2 aromatic carbocycles. The zero-order chi connectivity index (χ0) is 13.6. The molecule has 1 heterocycles. The molecule has 0 aliphatic heterocycles. The average Bonchev–Trinajstić information content (AvgIpc) is 2.78. The zero-order valence-electron chi connectivity index (χ0n) is 9.32. The van der Waals surface area contributed by atoms with Crippen molar-refractivity contribution in [1.29, 1.82) is 0 Å². The van der Waals surface area contributed by atoms with Gasteiger partial charge in [0.1, 0.15) is 11.3 Å². The normalized spacial score (nSPS) is 11.1. The summed E-state index contributed by atoms with van der Waals surface area (Å²) in [6, 6.07) is 5.97. The number of nitrogens with zero attached hydrogens (tertiary/aromatic N) is 1. The highest BCUT2D eigenvalue weighted by Crippen LogP contribution is 2.29. The van der Waals surface area contributed by atoms with Gasteiger partial charge in [0.2, 0.25) is 5.89 Å². The van der Waals surface area contributed by atoms with Gasteiger partial charge in [-0.2, -0.15) is 0 Å². The highest BCUT2D eigenvalue weighted by atomic mass is 19.2. The standard InChI is InChI=1S/C13H6F3NO2/c14-8-3-2-7(11(15)12(8)16)13-17-9-5-6(18)1-4-10(9)19-13/h1-5,18H. The maximum absolute atomic E-state index is 13.6. The molecule has 1 aromatic heterocycles. The van der Waals surface area contributed by atoms with E-state index in [0.29, 0.717) is 11.1 Å². The molecule has 6 heteroatoms. The van der Waals surface area contributed by atoms with Gasteiger partial charge in [-0.1, -0.05) is 0 Å². The molecule has 0 fully saturated rings. The number of rotatable bonds is 1. The summed E-state index contributed by atoms with van der Waals surface area (Å²) in [6.07, 6.45) is 0. The number of halogens is 3. The van der Waals surface area contributed by atoms with Crippen LogP contribution in [0.1, 0.15) is 0 Å². The molecule has 19 heavy (non-hydrogen) atoms. The van der Waals surface area contributed by atoms with Gasteiger partial charge in [-0.3, -0.25) is 0 Å². The van der Waals surface area contributed by atoms with Gasteiger partial charge in [0.15, 0.2) is 23.0 Å². The Labute approximate surface area is 104 Å². The van der Waals surface area contributed by atoms with Gasteiger partial charge >= 0.3 is 0 Å². The summed E-state index contributed by atoms with van der Waals surface area (Å²) >= 11 is 0. The number of aromatic nitrogens is 1. The average molecular weight is 265 g/mol. The molecular formula is C13H6F3NO2. The minimum absolute atomic E-state index is 0.0295. The molecule has 0 saturated carbocycles. The molecule has 3 nitrogen and oxygen atoms in total. The Kier molecular flexibility index (Phi) is 2.45. The fraction of sp³-hybridized carbons (Fsp3) is 0. The maximum Gasteiger partial charge on any atom is 0.230 e. The highest BCUT2D eigenvalue weighted by molar-refractivity contribution is 5.77. The van der Waals surface area contributed by atoms with Crippen LogP contribution in [0.4, 0.5) is 13.2 Å². The third-order valence-electron chi connectivity index (χ3n) is 2.64. The van der Waals surface area contributed by atoms with Gasteiger partial charge in [-0.15, -0.1) is 0 Å². The third-order valence-corrected chi connectivity index (χ3v) is 2.64. The molecule has 0 bridgehead atoms. The van der Waals surface area contributed by atoms with Crippen molar-refractivity contribution < 1.29 is 22.7 Å². The fourth-order valence-electron chi connectivity index (χ4n) is 1.72. The van der Waals surface area contributed by atoms with Crippen molar-refractivity contribution >= 4 is 11.1 Å². The van der Waals surface area contributed by atoms with E-state index in [1.54, 1.807) is 0 Å². The van der Waals surface area contributed by atoms with E-state index in [1.807, 2.05) is 0 Å². The first kappa shape index (κ1) is 11.6. The second-order valence-corrected chi connectivity index (χ2v) is 3.89. The molecule has 0 spiro atoms. The van der Waals surface area contributed by atoms with E-state index in [2.05, 4.69) is 4.98 Å². The molecule has 3 aromatic rings. The molecule has 0 radical (unpaired) electrons. The second kappa shape index (κ2) is 4.01. The van der Waals surface area contributed by atoms with Crippen LogP contribution in [-0.4, -0.2) is 10.1 Å². The van der Waals surface area contributed by atoms with Crippen LogP contribution < -0.4 is 0 Å². The summed E-state index contributed by atoms with van der Waals surface area (Å²) in [5.41, 5.74) is 0.311. The number of aromatic hydroxyl groups is 1. The highest BCUT2D eigenvalue weighted by Gasteiger charge is 2.18. The van der Waals surface area contributed by atoms with Gasteiger partial charge in [-0.25, -0.2) is 18.2 Å². The molecule has 0 saturated heterocycles. The minimum Gasteiger partial charge on any atom is -0.508 e. The van der Waals surface area contributed by atoms with Crippen molar-refractivity contribution in [3.05, 3.63) is 47.8 Å². The summed E-state index contributed by atoms with van der Waals surface area (Å²) < 4.78 is 44.8. The Balaban J connectivity index is 2.22. The number of oxazole rings is 1. The van der Waals surface area contributed by atoms with Gasteiger partial charge in [-0.05, 0) is 24.3 Å². The topological polar surface area (TPSA) is 46.3 Å². The van der Waals surface area contributed by atoms with Crippen LogP contribution in [0.3, 0.4) is 0 Å². The Morgan fingerprint density at radius 2 is 1.79 bits per heavy atom. The van der Waals surface area contributed by atoms with Crippen molar-refractivity contribution in [3.8, 4) is 17.2 Å². The van der Waals surface area contributed by atoms with E-state index in [1.165, 1.54) is 18.2 Å². The number of benzene rings is 2. The predicted octanol–water partition coefficient (Wildman–Crippen LogP) is 3.62. The molecular weight excluding hydrogens is 259 g/mol. The Morgan fingerprint density at radius 3 is 2.58 bits per heavy atom. The van der Waals surface area contributed by atoms with E-state index in [4.69, 9.17) is 4.42 Å². The number of hydrogen-bond acceptors (Lipinski definition) is 3. The lowest BCUT2D eigenvalue weighted by Gasteiger charge is -1.99. The van der Waals surface area contributed by atoms with E-state index in [0.717, 1.165) is 12.1 Å². The van der Waals surface area contributed by atoms with Gasteiger partial charge in [0.05, 0.1) is 5.56 Å². The smallest absolute Gasteiger partial charge is 0.230 e. The minimum atomic E-state index is -1.58. The van der Waals surface area contributed by atoms with Crippen LogP contribution in [0.5, 0.6) is 5.75 Å². The summed E-state index contributed by atoms with van der Waals surface area (Å²) in [7, 11) is 0. The SMILES string of the molecule is Oc1ccc2oc(-c3ccc(F)c(F)c3F)nc2c1. The molecule has 0 amide bonds. The Bertz CT molecular complexity index is 783. The molecule has 1 N–H and O–H groups in total. The molecule has 0 aliphatic carbocycles. The first-order valence-electron chi connectivity index (χ1n) is 5.29. The summed E-state index contributed by atoms with van der Waals surface area (Å²) in [5, 5.41) is 9.28. The van der Waals surface area contributed by atoms with Gasteiger partial charge in [0, 0.05) is 6.07 Å². The van der Waals surface area contributed by atoms with Crippen molar-refractivity contribution in [3.63, 3.8) is 0 Å². The van der Waals surface area contributed by atoms with E-state index in [9.17, 15) is 18.3 Å². The first-order chi connectivity index (χ1) is 9.06. The van der Waals surface area contributed by atoms with Crippen molar-refractivity contribution in [1.82, 2.24) is 4.98 Å². The molecule has 96 valence electrons. The van der Waals surface area contributed by atoms with Gasteiger partial charge < -0.3 is 9.52 Å². The van der Waals surface area contributed by atoms with Crippen LogP contribution in [-0.2, 0) is 0 Å². The van der Waals surface area contributed by atoms with E-state index >= 15 is 0 Å². The van der Waals surface area contributed by atoms with Crippen LogP contribution in [0, 0.1) is 17.5 Å². The van der Waals surface area contributed by atoms with Crippen molar-refractivity contribution in [2.45, 2.75) is 0 Å². The monoisotopic (exact) mass is 265 g/mol. The third kappa shape index (κ3) is 1.81. The number of hydrogen-bond donors (Lipinski definition) is 1. The Morgan fingerprint density at radius 1 is 1.00 bits per heavy atom. The summed E-state index contributed by atoms with van der Waals surface area (Å²) in [4.78, 5) is 3.92. The predicted molar refractivity (Wildman–Crippen MR) is 61.0 cm³/mol. The lowest BCUT2D eigenvalue weighted by molar-refractivity contribution is 0.446. The number of fused-ring (bicyclic) bond motifs is 1. The molecule has 0 aliphatic rings. The largest absolute Gasteiger partial charge is 0.508 e. The lowest BCUT2D eigenvalue weighted by Crippen LogP contribution is -1.93. The van der Waals surface area contributed by atoms with Crippen LogP contribution >= 0.6 is 0 Å². The molecule has 3 rings (SSSR count). The van der Waals surface area contributed by atoms with E-state index in [-0.39, 0.29) is 17.2 Å². The first-order valence-corrected chi connectivity index (χ1v) is 5.29. The van der Waals surface area contributed by atoms with Crippen LogP contribution in [0.15, 0.2) is 34.7 Å². The summed E-state index contributed by atoms with van der Waals surface area (Å²) in [6.45, 7) is 0. The number of phenolic OH excluding ortho intramolecular Hbond substituents is 1. The zero-order valence-corrected chi connectivity index (χ0v) is 9.32. The van der Waals surface area contributed by atoms with Crippen LogP contribution in [0.2, 0.25) is 0 Å². The molecule has 0 unspecified atom stereocenters. The maximum atomic E-state index is 13.6.